The molecule has 0 aromatic heterocycles. The molecular weight excluding hydrogens is 408 g/mol. The van der Waals surface area contributed by atoms with Crippen molar-refractivity contribution in [2.24, 2.45) is 17.2 Å². The van der Waals surface area contributed by atoms with Crippen LogP contribution in [0.1, 0.15) is 26.2 Å². The SMILES string of the molecule is CC(N)C(=O)NC(CS)C(=O)NC(CCC(N)=O)C(=O)NC(CC(N)=O)C(=O)O. The summed E-state index contributed by atoms with van der Waals surface area (Å²) < 4.78 is 0. The Morgan fingerprint density at radius 2 is 1.34 bits per heavy atom. The first-order chi connectivity index (χ1) is 13.4. The Hall–Kier alpha value is -2.87. The van der Waals surface area contributed by atoms with Crippen LogP contribution in [0.2, 0.25) is 0 Å². The molecule has 4 atom stereocenters. The molecule has 0 rings (SSSR count). The summed E-state index contributed by atoms with van der Waals surface area (Å²) >= 11 is 3.96. The van der Waals surface area contributed by atoms with E-state index >= 15 is 0 Å². The fourth-order valence-electron chi connectivity index (χ4n) is 2.00. The lowest BCUT2D eigenvalue weighted by atomic mass is 10.1. The lowest BCUT2D eigenvalue weighted by Gasteiger charge is -2.23. The van der Waals surface area contributed by atoms with Gasteiger partial charge in [-0.05, 0) is 13.3 Å². The molecule has 0 bridgehead atoms. The number of carboxylic acids is 1. The van der Waals surface area contributed by atoms with Crippen molar-refractivity contribution in [2.75, 3.05) is 5.75 Å². The predicted molar refractivity (Wildman–Crippen MR) is 103 cm³/mol. The molecule has 13 nitrogen and oxygen atoms in total. The summed E-state index contributed by atoms with van der Waals surface area (Å²) in [7, 11) is 0. The molecule has 0 spiro atoms. The Labute approximate surface area is 171 Å². The van der Waals surface area contributed by atoms with Crippen molar-refractivity contribution in [1.82, 2.24) is 16.0 Å². The van der Waals surface area contributed by atoms with Crippen molar-refractivity contribution in [3.05, 3.63) is 0 Å². The van der Waals surface area contributed by atoms with Crippen LogP contribution in [0, 0.1) is 0 Å². The van der Waals surface area contributed by atoms with Gasteiger partial charge in [-0.15, -0.1) is 0 Å². The second kappa shape index (κ2) is 12.6. The first kappa shape index (κ1) is 26.1. The minimum atomic E-state index is -1.63. The van der Waals surface area contributed by atoms with Crippen LogP contribution in [-0.2, 0) is 28.8 Å². The van der Waals surface area contributed by atoms with Gasteiger partial charge in [0.05, 0.1) is 12.5 Å². The summed E-state index contributed by atoms with van der Waals surface area (Å²) in [4.78, 5) is 69.6. The summed E-state index contributed by atoms with van der Waals surface area (Å²) in [6.45, 7) is 1.40. The van der Waals surface area contributed by atoms with Gasteiger partial charge in [0.25, 0.3) is 0 Å². The summed E-state index contributed by atoms with van der Waals surface area (Å²) in [6.07, 6.45) is -1.23. The van der Waals surface area contributed by atoms with Crippen LogP contribution >= 0.6 is 12.6 Å². The van der Waals surface area contributed by atoms with Gasteiger partial charge in [-0.1, -0.05) is 0 Å². The van der Waals surface area contributed by atoms with E-state index < -0.39 is 66.1 Å². The number of carboxylic acid groups (broad SMARTS) is 1. The van der Waals surface area contributed by atoms with Crippen molar-refractivity contribution in [3.63, 3.8) is 0 Å². The quantitative estimate of drug-likeness (QED) is 0.132. The zero-order chi connectivity index (χ0) is 22.7. The molecule has 0 saturated carbocycles. The molecule has 0 heterocycles. The highest BCUT2D eigenvalue weighted by Crippen LogP contribution is 2.02. The van der Waals surface area contributed by atoms with Crippen LogP contribution < -0.4 is 33.2 Å². The molecular formula is C15H26N6O7S. The van der Waals surface area contributed by atoms with Crippen LogP contribution in [0.3, 0.4) is 0 Å². The number of carbonyl (C=O) groups excluding carboxylic acids is 5. The van der Waals surface area contributed by atoms with Gasteiger partial charge in [-0.25, -0.2) is 4.79 Å². The number of carbonyl (C=O) groups is 6. The largest absolute Gasteiger partial charge is 0.480 e. The second-order valence-corrected chi connectivity index (χ2v) is 6.53. The van der Waals surface area contributed by atoms with Gasteiger partial charge in [0.15, 0.2) is 0 Å². The molecule has 164 valence electrons. The monoisotopic (exact) mass is 434 g/mol. The van der Waals surface area contributed by atoms with Crippen molar-refractivity contribution < 1.29 is 33.9 Å². The van der Waals surface area contributed by atoms with E-state index in [2.05, 4.69) is 28.6 Å². The summed E-state index contributed by atoms with van der Waals surface area (Å²) in [5.74, 6) is -5.82. The molecule has 14 heteroatoms. The van der Waals surface area contributed by atoms with Crippen molar-refractivity contribution >= 4 is 48.1 Å². The highest BCUT2D eigenvalue weighted by Gasteiger charge is 2.30. The lowest BCUT2D eigenvalue weighted by Crippen LogP contribution is -2.57. The number of hydrogen-bond donors (Lipinski definition) is 8. The number of rotatable bonds is 13. The smallest absolute Gasteiger partial charge is 0.326 e. The minimum Gasteiger partial charge on any atom is -0.480 e. The second-order valence-electron chi connectivity index (χ2n) is 6.17. The standard InChI is InChI=1S/C15H26N6O7S/c1-6(16)12(24)21-9(5-29)14(26)19-7(2-3-10(17)22)13(25)20-8(15(27)28)4-11(18)23/h6-9,29H,2-5,16H2,1H3,(H2,17,22)(H2,18,23)(H,19,26)(H,20,25)(H,21,24)(H,27,28). The van der Waals surface area contributed by atoms with Crippen molar-refractivity contribution in [1.29, 1.82) is 0 Å². The summed E-state index contributed by atoms with van der Waals surface area (Å²) in [5.41, 5.74) is 15.4. The molecule has 0 aromatic rings. The van der Waals surface area contributed by atoms with Crippen LogP contribution in [0.25, 0.3) is 0 Å². The molecule has 29 heavy (non-hydrogen) atoms. The fraction of sp³-hybridized carbons (Fsp3) is 0.600. The van der Waals surface area contributed by atoms with E-state index in [-0.39, 0.29) is 18.6 Å². The van der Waals surface area contributed by atoms with Gasteiger partial charge in [-0.2, -0.15) is 12.6 Å². The zero-order valence-corrected chi connectivity index (χ0v) is 16.6. The first-order valence-corrected chi connectivity index (χ1v) is 9.09. The summed E-state index contributed by atoms with van der Waals surface area (Å²) in [5, 5.41) is 15.8. The van der Waals surface area contributed by atoms with Gasteiger partial charge in [-0.3, -0.25) is 24.0 Å². The number of nitrogens with one attached hydrogen (secondary N) is 3. The number of primary amides is 2. The number of thiol groups is 1. The minimum absolute atomic E-state index is 0.131. The first-order valence-electron chi connectivity index (χ1n) is 8.46. The highest BCUT2D eigenvalue weighted by atomic mass is 32.1. The van der Waals surface area contributed by atoms with Crippen LogP contribution in [0.4, 0.5) is 0 Å². The van der Waals surface area contributed by atoms with Gasteiger partial charge in [0.1, 0.15) is 18.1 Å². The average Bonchev–Trinajstić information content (AvgIpc) is 2.60. The number of hydrogen-bond acceptors (Lipinski definition) is 8. The Morgan fingerprint density at radius 1 is 0.862 bits per heavy atom. The molecule has 0 aromatic carbocycles. The average molecular weight is 434 g/mol. The summed E-state index contributed by atoms with van der Waals surface area (Å²) in [6, 6.07) is -5.06. The van der Waals surface area contributed by atoms with E-state index in [9.17, 15) is 28.8 Å². The Kier molecular flexibility index (Phi) is 11.3. The third kappa shape index (κ3) is 10.3. The molecule has 5 amide bonds. The normalized spacial score (nSPS) is 14.6. The topological polar surface area (TPSA) is 237 Å². The molecule has 4 unspecified atom stereocenters. The Morgan fingerprint density at radius 3 is 1.76 bits per heavy atom. The molecule has 10 N–H and O–H groups in total. The molecule has 0 saturated heterocycles. The predicted octanol–water partition coefficient (Wildman–Crippen LogP) is -4.06. The Balaban J connectivity index is 5.32. The van der Waals surface area contributed by atoms with Crippen LogP contribution in [-0.4, -0.2) is 70.5 Å². The van der Waals surface area contributed by atoms with Crippen LogP contribution in [0.5, 0.6) is 0 Å². The van der Waals surface area contributed by atoms with Gasteiger partial charge in [0, 0.05) is 12.2 Å². The molecule has 0 aliphatic rings. The zero-order valence-electron chi connectivity index (χ0n) is 15.7. The maximum atomic E-state index is 12.4. The number of amides is 5. The third-order valence-corrected chi connectivity index (χ3v) is 3.93. The van der Waals surface area contributed by atoms with Crippen molar-refractivity contribution in [3.8, 4) is 0 Å². The molecule has 0 aliphatic carbocycles. The van der Waals surface area contributed by atoms with Gasteiger partial charge >= 0.3 is 5.97 Å². The molecule has 0 fully saturated rings. The molecule has 0 aliphatic heterocycles. The fourth-order valence-corrected chi connectivity index (χ4v) is 2.26. The van der Waals surface area contributed by atoms with E-state index in [1.807, 2.05) is 0 Å². The maximum Gasteiger partial charge on any atom is 0.326 e. The third-order valence-electron chi connectivity index (χ3n) is 3.56. The van der Waals surface area contributed by atoms with E-state index in [1.54, 1.807) is 0 Å². The molecule has 0 radical (unpaired) electrons. The Bertz CT molecular complexity index is 657. The number of aliphatic carboxylic acids is 1. The van der Waals surface area contributed by atoms with E-state index in [0.717, 1.165) is 0 Å². The highest BCUT2D eigenvalue weighted by molar-refractivity contribution is 7.80. The van der Waals surface area contributed by atoms with Crippen LogP contribution in [0.15, 0.2) is 0 Å². The van der Waals surface area contributed by atoms with Gasteiger partial charge < -0.3 is 38.3 Å². The van der Waals surface area contributed by atoms with Gasteiger partial charge in [0.2, 0.25) is 29.5 Å². The van der Waals surface area contributed by atoms with E-state index in [0.29, 0.717) is 0 Å². The lowest BCUT2D eigenvalue weighted by molar-refractivity contribution is -0.144. The van der Waals surface area contributed by atoms with Crippen molar-refractivity contribution in [2.45, 2.75) is 50.4 Å². The maximum absolute atomic E-state index is 12.4. The van der Waals surface area contributed by atoms with E-state index in [1.165, 1.54) is 6.92 Å². The number of nitrogens with two attached hydrogens (primary N) is 3. The van der Waals surface area contributed by atoms with E-state index in [4.69, 9.17) is 22.3 Å².